The number of hydrogen-bond acceptors (Lipinski definition) is 4. The van der Waals surface area contributed by atoms with Crippen molar-refractivity contribution in [2.24, 2.45) is 0 Å². The van der Waals surface area contributed by atoms with Crippen LogP contribution >= 0.6 is 20.1 Å². The molecule has 94 valence electrons. The molecule has 0 radical (unpaired) electrons. The molecule has 16 heavy (non-hydrogen) atoms. The molecule has 0 fully saturated rings. The molecule has 0 aromatic carbocycles. The van der Waals surface area contributed by atoms with E-state index in [-0.39, 0.29) is 12.4 Å². The van der Waals surface area contributed by atoms with Gasteiger partial charge in [0.1, 0.15) is 0 Å². The number of halogens is 1. The van der Waals surface area contributed by atoms with Crippen molar-refractivity contribution in [3.8, 4) is 0 Å². The first-order chi connectivity index (χ1) is 7.31. The van der Waals surface area contributed by atoms with Crippen molar-refractivity contribution in [3.63, 3.8) is 0 Å². The third-order valence-corrected chi connectivity index (χ3v) is 6.51. The Morgan fingerprint density at radius 3 is 2.56 bits per heavy atom. The van der Waals surface area contributed by atoms with Crippen LogP contribution in [0.3, 0.4) is 0 Å². The van der Waals surface area contributed by atoms with Crippen LogP contribution in [-0.4, -0.2) is 37.4 Å². The van der Waals surface area contributed by atoms with Crippen molar-refractivity contribution in [1.82, 2.24) is 3.53 Å². The Labute approximate surface area is 103 Å². The van der Waals surface area contributed by atoms with Gasteiger partial charge in [-0.25, -0.2) is 0 Å². The Hall–Kier alpha value is -0.500. The third kappa shape index (κ3) is 4.17. The van der Waals surface area contributed by atoms with Crippen molar-refractivity contribution >= 4 is 26.2 Å². The van der Waals surface area contributed by atoms with Gasteiger partial charge in [-0.05, 0) is 0 Å². The number of ether oxygens (including phenoxy) is 1. The molecule has 0 spiro atoms. The quantitative estimate of drug-likeness (QED) is 0.406. The number of amides is 1. The second kappa shape index (κ2) is 5.22. The number of carbonyl (C=O) groups is 1. The molecule has 1 amide bonds. The summed E-state index contributed by atoms with van der Waals surface area (Å²) in [5.74, 6) is 0.240. The third-order valence-electron chi connectivity index (χ3n) is 1.82. The fraction of sp³-hybridized carbons (Fsp3) is 0.700. The summed E-state index contributed by atoms with van der Waals surface area (Å²) in [4.78, 5) is 11.5. The van der Waals surface area contributed by atoms with Gasteiger partial charge in [0.15, 0.2) is 0 Å². The number of alkyl halides is 2. The van der Waals surface area contributed by atoms with E-state index in [1.54, 1.807) is 20.8 Å². The molecule has 0 saturated carbocycles. The van der Waals surface area contributed by atoms with Gasteiger partial charge in [0, 0.05) is 0 Å². The minimum absolute atomic E-state index is 0.129. The summed E-state index contributed by atoms with van der Waals surface area (Å²) in [6, 6.07) is 0. The van der Waals surface area contributed by atoms with E-state index in [1.165, 1.54) is 0 Å². The number of hydrogen-bond donors (Lipinski definition) is 3. The maximum absolute atomic E-state index is 11.5. The SMILES string of the molecule is CC(C)(C)OC(=O)NI1CC(O)=C(CO)C1. The molecule has 0 bridgehead atoms. The van der Waals surface area contributed by atoms with Gasteiger partial charge in [-0.2, -0.15) is 0 Å². The summed E-state index contributed by atoms with van der Waals surface area (Å²) < 4.78 is 9.09. The average Bonchev–Trinajstić information content (AvgIpc) is 2.42. The fourth-order valence-electron chi connectivity index (χ4n) is 1.17. The number of aliphatic hydroxyl groups excluding tert-OH is 2. The molecular weight excluding hydrogens is 325 g/mol. The first-order valence-electron chi connectivity index (χ1n) is 4.94. The first kappa shape index (κ1) is 13.6. The van der Waals surface area contributed by atoms with E-state index in [0.29, 0.717) is 14.4 Å². The van der Waals surface area contributed by atoms with E-state index in [9.17, 15) is 9.90 Å². The number of nitrogens with one attached hydrogen (secondary N) is 1. The molecule has 0 aromatic heterocycles. The van der Waals surface area contributed by atoms with Gasteiger partial charge in [-0.3, -0.25) is 0 Å². The average molecular weight is 343 g/mol. The van der Waals surface area contributed by atoms with Crippen LogP contribution in [0.2, 0.25) is 0 Å². The Morgan fingerprint density at radius 2 is 2.12 bits per heavy atom. The number of rotatable bonds is 2. The molecule has 0 atom stereocenters. The monoisotopic (exact) mass is 343 g/mol. The predicted octanol–water partition coefficient (Wildman–Crippen LogP) is 1.75. The second-order valence-electron chi connectivity index (χ2n) is 4.53. The summed E-state index contributed by atoms with van der Waals surface area (Å²) in [6.45, 7) is 5.29. The summed E-state index contributed by atoms with van der Waals surface area (Å²) in [7, 11) is 0. The van der Waals surface area contributed by atoms with Crippen LogP contribution in [0.15, 0.2) is 11.3 Å². The molecule has 0 unspecified atom stereocenters. The van der Waals surface area contributed by atoms with Crippen molar-refractivity contribution in [1.29, 1.82) is 0 Å². The van der Waals surface area contributed by atoms with E-state index in [1.807, 2.05) is 0 Å². The van der Waals surface area contributed by atoms with Gasteiger partial charge >= 0.3 is 103 Å². The van der Waals surface area contributed by atoms with E-state index in [2.05, 4.69) is 3.53 Å². The van der Waals surface area contributed by atoms with Crippen LogP contribution in [0.4, 0.5) is 4.79 Å². The normalized spacial score (nSPS) is 18.9. The standard InChI is InChI=1S/C10H18INO4/c1-10(2,3)16-9(15)12-11-4-7(6-13)8(14)5-11/h13-14H,4-6H2,1-3H3,(H,12,15). The number of carbonyl (C=O) groups excluding carboxylic acids is 1. The molecule has 0 aromatic rings. The molecule has 6 heteroatoms. The predicted molar refractivity (Wildman–Crippen MR) is 69.9 cm³/mol. The molecular formula is C10H18INO4. The zero-order valence-electron chi connectivity index (χ0n) is 9.71. The first-order valence-corrected chi connectivity index (χ1v) is 9.07. The van der Waals surface area contributed by atoms with Gasteiger partial charge < -0.3 is 0 Å². The molecule has 1 rings (SSSR count). The van der Waals surface area contributed by atoms with E-state index < -0.39 is 31.8 Å². The van der Waals surface area contributed by atoms with Crippen molar-refractivity contribution in [2.75, 3.05) is 15.5 Å². The molecule has 1 heterocycles. The minimum atomic E-state index is -1.75. The van der Waals surface area contributed by atoms with Gasteiger partial charge in [0.25, 0.3) is 0 Å². The molecule has 0 saturated heterocycles. The van der Waals surface area contributed by atoms with Gasteiger partial charge in [0.05, 0.1) is 0 Å². The molecule has 0 aliphatic carbocycles. The summed E-state index contributed by atoms with van der Waals surface area (Å²) in [5.41, 5.74) is 0.149. The Kier molecular flexibility index (Phi) is 4.43. The second-order valence-corrected chi connectivity index (χ2v) is 9.20. The van der Waals surface area contributed by atoms with Crippen LogP contribution in [0.1, 0.15) is 20.8 Å². The molecule has 1 aliphatic rings. The fourth-order valence-corrected chi connectivity index (χ4v) is 5.76. The van der Waals surface area contributed by atoms with E-state index >= 15 is 0 Å². The van der Waals surface area contributed by atoms with Crippen molar-refractivity contribution in [3.05, 3.63) is 11.3 Å². The Balaban J connectivity index is 2.39. The molecule has 1 aliphatic heterocycles. The van der Waals surface area contributed by atoms with Crippen LogP contribution in [0.25, 0.3) is 0 Å². The van der Waals surface area contributed by atoms with E-state index in [4.69, 9.17) is 9.84 Å². The van der Waals surface area contributed by atoms with Crippen LogP contribution in [0, 0.1) is 0 Å². The van der Waals surface area contributed by atoms with Crippen LogP contribution in [0.5, 0.6) is 0 Å². The van der Waals surface area contributed by atoms with Gasteiger partial charge in [0.2, 0.25) is 0 Å². The van der Waals surface area contributed by atoms with Crippen LogP contribution < -0.4 is 3.53 Å². The van der Waals surface area contributed by atoms with Gasteiger partial charge in [-0.1, -0.05) is 0 Å². The summed E-state index contributed by atoms with van der Waals surface area (Å²) >= 11 is -1.75. The van der Waals surface area contributed by atoms with Crippen molar-refractivity contribution < 1.29 is 19.7 Å². The van der Waals surface area contributed by atoms with Crippen LogP contribution in [-0.2, 0) is 4.74 Å². The number of aliphatic hydroxyl groups is 2. The summed E-state index contributed by atoms with van der Waals surface area (Å²) in [5, 5.41) is 18.4. The van der Waals surface area contributed by atoms with Gasteiger partial charge in [-0.15, -0.1) is 0 Å². The summed E-state index contributed by atoms with van der Waals surface area (Å²) in [6.07, 6.45) is -0.426. The molecule has 3 N–H and O–H groups in total. The Bertz CT molecular complexity index is 308. The molecule has 5 nitrogen and oxygen atoms in total. The maximum atomic E-state index is 11.5. The number of allylic oxidation sites excluding steroid dienone is 1. The topological polar surface area (TPSA) is 78.8 Å². The zero-order valence-corrected chi connectivity index (χ0v) is 11.9. The zero-order chi connectivity index (χ0) is 12.3. The van der Waals surface area contributed by atoms with Crippen molar-refractivity contribution in [2.45, 2.75) is 26.4 Å². The van der Waals surface area contributed by atoms with E-state index in [0.717, 1.165) is 0 Å². The Morgan fingerprint density at radius 1 is 1.50 bits per heavy atom.